The van der Waals surface area contributed by atoms with Gasteiger partial charge in [0.25, 0.3) is 0 Å². The highest BCUT2D eigenvalue weighted by Gasteiger charge is 2.12. The Labute approximate surface area is 128 Å². The van der Waals surface area contributed by atoms with Gasteiger partial charge in [0.15, 0.2) is 0 Å². The number of halogens is 1. The molecule has 2 rings (SSSR count). The molecule has 0 aliphatic heterocycles. The molecule has 0 saturated carbocycles. The summed E-state index contributed by atoms with van der Waals surface area (Å²) in [5.41, 5.74) is 2.08. The van der Waals surface area contributed by atoms with Gasteiger partial charge >= 0.3 is 0 Å². The average Bonchev–Trinajstić information content (AvgIpc) is 2.89. The van der Waals surface area contributed by atoms with Crippen molar-refractivity contribution in [3.8, 4) is 0 Å². The molecule has 20 heavy (non-hydrogen) atoms. The van der Waals surface area contributed by atoms with Gasteiger partial charge in [0, 0.05) is 23.1 Å². The predicted molar refractivity (Wildman–Crippen MR) is 84.8 cm³/mol. The third-order valence-corrected chi connectivity index (χ3v) is 4.34. The van der Waals surface area contributed by atoms with Crippen LogP contribution in [-0.4, -0.2) is 21.0 Å². The first kappa shape index (κ1) is 15.3. The third-order valence-electron chi connectivity index (χ3n) is 3.56. The van der Waals surface area contributed by atoms with Gasteiger partial charge in [-0.05, 0) is 37.5 Å². The smallest absolute Gasteiger partial charge is 0.0650 e. The molecule has 0 aliphatic rings. The van der Waals surface area contributed by atoms with E-state index >= 15 is 0 Å². The molecule has 4 heteroatoms. The van der Waals surface area contributed by atoms with E-state index in [0.29, 0.717) is 18.9 Å². The molecule has 0 bridgehead atoms. The number of benzene rings is 1. The fourth-order valence-corrected chi connectivity index (χ4v) is 2.60. The van der Waals surface area contributed by atoms with Crippen molar-refractivity contribution in [2.45, 2.75) is 45.3 Å². The van der Waals surface area contributed by atoms with E-state index in [4.69, 9.17) is 0 Å². The number of nitrogens with zero attached hydrogens (tertiary/aromatic N) is 2. The highest BCUT2D eigenvalue weighted by atomic mass is 79.9. The van der Waals surface area contributed by atoms with Crippen LogP contribution in [0.2, 0.25) is 0 Å². The lowest BCUT2D eigenvalue weighted by molar-refractivity contribution is 0.173. The van der Waals surface area contributed by atoms with Crippen molar-refractivity contribution in [3.63, 3.8) is 0 Å². The van der Waals surface area contributed by atoms with Gasteiger partial charge in [-0.25, -0.2) is 0 Å². The SMILES string of the molecule is CCC(C)n1ccc(CC(O)Cc2ccccc2Br)n1. The monoisotopic (exact) mass is 336 g/mol. The van der Waals surface area contributed by atoms with Crippen LogP contribution < -0.4 is 0 Å². The van der Waals surface area contributed by atoms with Crippen molar-refractivity contribution in [2.75, 3.05) is 0 Å². The van der Waals surface area contributed by atoms with Crippen LogP contribution in [0, 0.1) is 0 Å². The summed E-state index contributed by atoms with van der Waals surface area (Å²) in [6.07, 6.45) is 3.87. The first-order valence-electron chi connectivity index (χ1n) is 7.05. The molecule has 2 unspecified atom stereocenters. The normalized spacial score (nSPS) is 14.2. The van der Waals surface area contributed by atoms with Crippen molar-refractivity contribution in [2.24, 2.45) is 0 Å². The maximum Gasteiger partial charge on any atom is 0.0650 e. The zero-order valence-corrected chi connectivity index (χ0v) is 13.5. The maximum atomic E-state index is 10.2. The number of aliphatic hydroxyl groups is 1. The lowest BCUT2D eigenvalue weighted by Crippen LogP contribution is -2.15. The van der Waals surface area contributed by atoms with Crippen molar-refractivity contribution in [1.82, 2.24) is 9.78 Å². The quantitative estimate of drug-likeness (QED) is 0.872. The van der Waals surface area contributed by atoms with E-state index in [9.17, 15) is 5.11 Å². The van der Waals surface area contributed by atoms with E-state index in [-0.39, 0.29) is 0 Å². The lowest BCUT2D eigenvalue weighted by Gasteiger charge is -2.11. The molecule has 1 aromatic carbocycles. The van der Waals surface area contributed by atoms with Gasteiger partial charge < -0.3 is 5.11 Å². The summed E-state index contributed by atoms with van der Waals surface area (Å²) in [5.74, 6) is 0. The highest BCUT2D eigenvalue weighted by molar-refractivity contribution is 9.10. The second-order valence-electron chi connectivity index (χ2n) is 5.20. The van der Waals surface area contributed by atoms with E-state index < -0.39 is 6.10 Å². The fraction of sp³-hybridized carbons (Fsp3) is 0.438. The molecule has 0 spiro atoms. The van der Waals surface area contributed by atoms with Crippen LogP contribution in [-0.2, 0) is 12.8 Å². The van der Waals surface area contributed by atoms with Crippen LogP contribution in [0.3, 0.4) is 0 Å². The van der Waals surface area contributed by atoms with Crippen molar-refractivity contribution in [3.05, 3.63) is 52.3 Å². The molecule has 2 aromatic rings. The zero-order valence-electron chi connectivity index (χ0n) is 12.0. The summed E-state index contributed by atoms with van der Waals surface area (Å²) in [4.78, 5) is 0. The fourth-order valence-electron chi connectivity index (χ4n) is 2.15. The first-order valence-corrected chi connectivity index (χ1v) is 7.85. The number of hydrogen-bond donors (Lipinski definition) is 1. The Kier molecular flexibility index (Phi) is 5.38. The summed E-state index contributed by atoms with van der Waals surface area (Å²) in [6.45, 7) is 4.29. The topological polar surface area (TPSA) is 38.0 Å². The van der Waals surface area contributed by atoms with E-state index in [1.807, 2.05) is 41.2 Å². The van der Waals surface area contributed by atoms with Crippen LogP contribution in [0.1, 0.15) is 37.6 Å². The second kappa shape index (κ2) is 7.04. The summed E-state index contributed by atoms with van der Waals surface area (Å²) >= 11 is 3.51. The summed E-state index contributed by atoms with van der Waals surface area (Å²) < 4.78 is 3.02. The molecule has 0 saturated heterocycles. The molecule has 0 aliphatic carbocycles. The van der Waals surface area contributed by atoms with E-state index in [1.54, 1.807) is 0 Å². The second-order valence-corrected chi connectivity index (χ2v) is 6.05. The van der Waals surface area contributed by atoms with Crippen molar-refractivity contribution < 1.29 is 5.11 Å². The standard InChI is InChI=1S/C16H21BrN2O/c1-3-12(2)19-9-8-14(18-19)11-15(20)10-13-6-4-5-7-16(13)17/h4-9,12,15,20H,3,10-11H2,1-2H3. The Morgan fingerprint density at radius 3 is 2.70 bits per heavy atom. The molecule has 0 amide bonds. The first-order chi connectivity index (χ1) is 9.60. The van der Waals surface area contributed by atoms with Crippen LogP contribution in [0.5, 0.6) is 0 Å². The molecular weight excluding hydrogens is 316 g/mol. The Bertz CT molecular complexity index is 553. The minimum absolute atomic E-state index is 0.407. The minimum atomic E-state index is -0.408. The predicted octanol–water partition coefficient (Wildman–Crippen LogP) is 3.76. The largest absolute Gasteiger partial charge is 0.392 e. The van der Waals surface area contributed by atoms with Gasteiger partial charge in [0.05, 0.1) is 11.8 Å². The van der Waals surface area contributed by atoms with Gasteiger partial charge in [0.1, 0.15) is 0 Å². The molecule has 2 atom stereocenters. The summed E-state index contributed by atoms with van der Waals surface area (Å²) in [5, 5.41) is 14.7. The lowest BCUT2D eigenvalue weighted by atomic mass is 10.0. The Hall–Kier alpha value is -1.13. The zero-order chi connectivity index (χ0) is 14.5. The average molecular weight is 337 g/mol. The van der Waals surface area contributed by atoms with Gasteiger partial charge in [-0.15, -0.1) is 0 Å². The van der Waals surface area contributed by atoms with E-state index in [0.717, 1.165) is 22.2 Å². The molecule has 1 heterocycles. The van der Waals surface area contributed by atoms with Crippen molar-refractivity contribution in [1.29, 1.82) is 0 Å². The van der Waals surface area contributed by atoms with E-state index in [2.05, 4.69) is 34.9 Å². The van der Waals surface area contributed by atoms with Crippen LogP contribution in [0.25, 0.3) is 0 Å². The number of hydrogen-bond acceptors (Lipinski definition) is 2. The molecule has 1 aromatic heterocycles. The van der Waals surface area contributed by atoms with Gasteiger partial charge in [0.2, 0.25) is 0 Å². The molecule has 108 valence electrons. The summed E-state index contributed by atoms with van der Waals surface area (Å²) in [7, 11) is 0. The van der Waals surface area contributed by atoms with Gasteiger partial charge in [-0.1, -0.05) is 41.1 Å². The number of aromatic nitrogens is 2. The minimum Gasteiger partial charge on any atom is -0.392 e. The van der Waals surface area contributed by atoms with Gasteiger partial charge in [-0.2, -0.15) is 5.10 Å². The maximum absolute atomic E-state index is 10.2. The van der Waals surface area contributed by atoms with E-state index in [1.165, 1.54) is 0 Å². The molecule has 1 N–H and O–H groups in total. The molecule has 3 nitrogen and oxygen atoms in total. The van der Waals surface area contributed by atoms with Crippen LogP contribution in [0.15, 0.2) is 41.0 Å². The third kappa shape index (κ3) is 3.93. The molecular formula is C16H21BrN2O. The Morgan fingerprint density at radius 2 is 2.00 bits per heavy atom. The van der Waals surface area contributed by atoms with Gasteiger partial charge in [-0.3, -0.25) is 4.68 Å². The van der Waals surface area contributed by atoms with Crippen molar-refractivity contribution >= 4 is 15.9 Å². The number of rotatable bonds is 6. The Balaban J connectivity index is 1.96. The number of aliphatic hydroxyl groups excluding tert-OH is 1. The highest BCUT2D eigenvalue weighted by Crippen LogP contribution is 2.18. The Morgan fingerprint density at radius 1 is 1.25 bits per heavy atom. The molecule has 0 radical (unpaired) electrons. The van der Waals surface area contributed by atoms with Crippen LogP contribution in [0.4, 0.5) is 0 Å². The molecule has 0 fully saturated rings. The van der Waals surface area contributed by atoms with Crippen LogP contribution >= 0.6 is 15.9 Å². The summed E-state index contributed by atoms with van der Waals surface area (Å²) in [6, 6.07) is 10.4.